The Morgan fingerprint density at radius 2 is 1.89 bits per heavy atom. The van der Waals surface area contributed by atoms with E-state index in [1.165, 1.54) is 6.20 Å². The fourth-order valence-corrected chi connectivity index (χ4v) is 4.46. The highest BCUT2D eigenvalue weighted by molar-refractivity contribution is 7.98. The predicted molar refractivity (Wildman–Crippen MR) is 138 cm³/mol. The molecule has 3 aromatic heterocycles. The summed E-state index contributed by atoms with van der Waals surface area (Å²) in [6.07, 6.45) is 4.78. The largest absolute Gasteiger partial charge is 0.346 e. The molecule has 0 saturated carbocycles. The summed E-state index contributed by atoms with van der Waals surface area (Å²) in [4.78, 5) is 40.8. The topological polar surface area (TPSA) is 121 Å². The van der Waals surface area contributed by atoms with Crippen LogP contribution in [0.4, 0.5) is 0 Å². The van der Waals surface area contributed by atoms with Gasteiger partial charge in [0.05, 0.1) is 29.0 Å². The van der Waals surface area contributed by atoms with Crippen molar-refractivity contribution in [1.82, 2.24) is 35.0 Å². The number of carbonyl (C=O) groups excluding carboxylic acids is 1. The Labute approximate surface area is 205 Å². The molecule has 0 aliphatic carbocycles. The zero-order valence-corrected chi connectivity index (χ0v) is 20.0. The second kappa shape index (κ2) is 10.1. The average Bonchev–Trinajstić information content (AvgIpc) is 3.50. The average molecular weight is 488 g/mol. The lowest BCUT2D eigenvalue weighted by Crippen LogP contribution is -2.30. The smallest absolute Gasteiger partial charge is 0.262 e. The molecule has 0 saturated heterocycles. The number of hydrogen-bond donors (Lipinski definition) is 3. The van der Waals surface area contributed by atoms with Crippen LogP contribution in [0, 0.1) is 0 Å². The van der Waals surface area contributed by atoms with Gasteiger partial charge in [-0.1, -0.05) is 30.3 Å². The monoisotopic (exact) mass is 487 g/mol. The number of H-pyrrole nitrogens is 2. The van der Waals surface area contributed by atoms with Crippen molar-refractivity contribution in [2.45, 2.75) is 25.3 Å². The van der Waals surface area contributed by atoms with Gasteiger partial charge in [-0.05, 0) is 42.7 Å². The van der Waals surface area contributed by atoms with Gasteiger partial charge < -0.3 is 15.3 Å². The van der Waals surface area contributed by atoms with Crippen LogP contribution >= 0.6 is 11.8 Å². The molecule has 0 bridgehead atoms. The summed E-state index contributed by atoms with van der Waals surface area (Å²) in [5.74, 6) is 1.95. The van der Waals surface area contributed by atoms with Crippen LogP contribution in [-0.2, 0) is 11.2 Å². The highest BCUT2D eigenvalue weighted by Crippen LogP contribution is 2.20. The maximum atomic E-state index is 12.9. The third-order valence-corrected chi connectivity index (χ3v) is 6.40. The molecule has 0 radical (unpaired) electrons. The fraction of sp³-hybridized carbons (Fsp3) is 0.240. The molecule has 178 valence electrons. The van der Waals surface area contributed by atoms with E-state index in [9.17, 15) is 9.59 Å². The van der Waals surface area contributed by atoms with Gasteiger partial charge in [-0.3, -0.25) is 9.59 Å². The number of fused-ring (bicyclic) bond motifs is 2. The summed E-state index contributed by atoms with van der Waals surface area (Å²) >= 11 is 1.72. The second-order valence-corrected chi connectivity index (χ2v) is 9.17. The van der Waals surface area contributed by atoms with Crippen molar-refractivity contribution in [2.75, 3.05) is 12.0 Å². The molecule has 3 N–H and O–H groups in total. The van der Waals surface area contributed by atoms with Gasteiger partial charge in [-0.15, -0.1) is 0 Å². The van der Waals surface area contributed by atoms with Gasteiger partial charge in [0.25, 0.3) is 5.56 Å². The predicted octanol–water partition coefficient (Wildman–Crippen LogP) is 3.53. The minimum Gasteiger partial charge on any atom is -0.346 e. The Morgan fingerprint density at radius 1 is 1.09 bits per heavy atom. The number of nitrogens with one attached hydrogen (secondary N) is 3. The summed E-state index contributed by atoms with van der Waals surface area (Å²) in [6.45, 7) is 0. The number of aryl methyl sites for hydroxylation is 1. The summed E-state index contributed by atoms with van der Waals surface area (Å²) in [6, 6.07) is 17.1. The lowest BCUT2D eigenvalue weighted by molar-refractivity contribution is -0.121. The van der Waals surface area contributed by atoms with Crippen molar-refractivity contribution < 1.29 is 4.79 Å². The molecular formula is C25H25N7O2S. The molecule has 10 heteroatoms. The van der Waals surface area contributed by atoms with E-state index in [1.54, 1.807) is 16.4 Å². The van der Waals surface area contributed by atoms with Gasteiger partial charge in [-0.25, -0.2) is 14.6 Å². The van der Waals surface area contributed by atoms with Crippen molar-refractivity contribution in [2.24, 2.45) is 0 Å². The molecule has 5 rings (SSSR count). The van der Waals surface area contributed by atoms with Crippen molar-refractivity contribution in [1.29, 1.82) is 0 Å². The number of carbonyl (C=O) groups is 1. The zero-order valence-electron chi connectivity index (χ0n) is 19.2. The van der Waals surface area contributed by atoms with Gasteiger partial charge in [0.2, 0.25) is 5.91 Å². The molecule has 9 nitrogen and oxygen atoms in total. The number of aromatic nitrogens is 6. The van der Waals surface area contributed by atoms with Crippen molar-refractivity contribution in [3.8, 4) is 5.69 Å². The van der Waals surface area contributed by atoms with Crippen molar-refractivity contribution >= 4 is 39.7 Å². The number of benzene rings is 2. The van der Waals surface area contributed by atoms with Crippen LogP contribution in [0.25, 0.3) is 27.8 Å². The first-order chi connectivity index (χ1) is 17.1. The Kier molecular flexibility index (Phi) is 6.62. The minimum atomic E-state index is -0.271. The van der Waals surface area contributed by atoms with E-state index in [1.807, 2.05) is 60.9 Å². The number of thioether (sulfide) groups is 1. The quantitative estimate of drug-likeness (QED) is 0.292. The summed E-state index contributed by atoms with van der Waals surface area (Å²) < 4.78 is 1.63. The van der Waals surface area contributed by atoms with Crippen LogP contribution in [0.2, 0.25) is 0 Å². The number of amides is 1. The number of nitrogens with zero attached hydrogens (tertiary/aromatic N) is 4. The fourth-order valence-electron chi connectivity index (χ4n) is 3.99. The van der Waals surface area contributed by atoms with Gasteiger partial charge in [0.15, 0.2) is 5.65 Å². The molecule has 3 heterocycles. The van der Waals surface area contributed by atoms with Crippen LogP contribution in [0.3, 0.4) is 0 Å². The molecule has 5 aromatic rings. The summed E-state index contributed by atoms with van der Waals surface area (Å²) in [7, 11) is 0. The Balaban J connectivity index is 1.32. The number of rotatable bonds is 9. The van der Waals surface area contributed by atoms with E-state index in [0.29, 0.717) is 23.3 Å². The van der Waals surface area contributed by atoms with Crippen LogP contribution in [0.1, 0.15) is 30.5 Å². The lowest BCUT2D eigenvalue weighted by atomic mass is 10.2. The molecule has 1 amide bonds. The van der Waals surface area contributed by atoms with Gasteiger partial charge >= 0.3 is 0 Å². The first-order valence-electron chi connectivity index (χ1n) is 11.4. The maximum Gasteiger partial charge on any atom is 0.262 e. The van der Waals surface area contributed by atoms with E-state index in [2.05, 4.69) is 30.4 Å². The Bertz CT molecular complexity index is 1490. The number of hydrogen-bond acceptors (Lipinski definition) is 6. The van der Waals surface area contributed by atoms with E-state index >= 15 is 0 Å². The van der Waals surface area contributed by atoms with Crippen LogP contribution in [0.5, 0.6) is 0 Å². The van der Waals surface area contributed by atoms with Gasteiger partial charge in [-0.2, -0.15) is 16.9 Å². The molecule has 2 aromatic carbocycles. The third-order valence-electron chi connectivity index (χ3n) is 5.76. The molecule has 0 unspecified atom stereocenters. The van der Waals surface area contributed by atoms with E-state index in [4.69, 9.17) is 0 Å². The SMILES string of the molecule is CSCC[C@H](NC(=O)CCc1nc2c(cnn2-c2ccccc2)c(=O)[nH]1)c1nc2ccccc2[nH]1. The zero-order chi connectivity index (χ0) is 24.2. The number of para-hydroxylation sites is 3. The van der Waals surface area contributed by atoms with E-state index in [-0.39, 0.29) is 23.9 Å². The molecule has 0 aliphatic heterocycles. The van der Waals surface area contributed by atoms with E-state index in [0.717, 1.165) is 34.7 Å². The normalized spacial score (nSPS) is 12.3. The lowest BCUT2D eigenvalue weighted by Gasteiger charge is -2.16. The van der Waals surface area contributed by atoms with Gasteiger partial charge in [0.1, 0.15) is 17.0 Å². The van der Waals surface area contributed by atoms with Crippen LogP contribution in [-0.4, -0.2) is 47.6 Å². The standard InChI is InChI=1S/C25H25N7O2S/c1-35-14-13-20(23-28-18-9-5-6-10-19(18)29-23)27-22(33)12-11-21-30-24-17(25(34)31-21)15-26-32(24)16-7-3-2-4-8-16/h2-10,15,20H,11-14H2,1H3,(H,27,33)(H,28,29)(H,30,31,34)/t20-/m0/s1. The summed E-state index contributed by atoms with van der Waals surface area (Å²) in [5, 5.41) is 7.83. The summed E-state index contributed by atoms with van der Waals surface area (Å²) in [5.41, 5.74) is 2.82. The molecule has 0 aliphatic rings. The molecule has 35 heavy (non-hydrogen) atoms. The Morgan fingerprint density at radius 3 is 2.69 bits per heavy atom. The first kappa shape index (κ1) is 22.9. The van der Waals surface area contributed by atoms with E-state index < -0.39 is 0 Å². The van der Waals surface area contributed by atoms with Crippen molar-refractivity contribution in [3.63, 3.8) is 0 Å². The number of aromatic amines is 2. The molecule has 0 spiro atoms. The van der Waals surface area contributed by atoms with Crippen LogP contribution < -0.4 is 10.9 Å². The Hall–Kier alpha value is -3.92. The van der Waals surface area contributed by atoms with Crippen LogP contribution in [0.15, 0.2) is 65.6 Å². The van der Waals surface area contributed by atoms with Gasteiger partial charge in [0, 0.05) is 12.8 Å². The highest BCUT2D eigenvalue weighted by atomic mass is 32.2. The minimum absolute atomic E-state index is 0.129. The second-order valence-electron chi connectivity index (χ2n) is 8.18. The highest BCUT2D eigenvalue weighted by Gasteiger charge is 2.19. The first-order valence-corrected chi connectivity index (χ1v) is 12.8. The van der Waals surface area contributed by atoms with Crippen molar-refractivity contribution in [3.05, 3.63) is 82.8 Å². The molecule has 0 fully saturated rings. The third kappa shape index (κ3) is 4.97. The molecular weight excluding hydrogens is 462 g/mol. The molecule has 1 atom stereocenters. The maximum absolute atomic E-state index is 12.9. The number of imidazole rings is 1.